The Kier molecular flexibility index (Phi) is 3.85. The van der Waals surface area contributed by atoms with Gasteiger partial charge >= 0.3 is 0 Å². The lowest BCUT2D eigenvalue weighted by Crippen LogP contribution is -2.14. The van der Waals surface area contributed by atoms with E-state index in [1.807, 2.05) is 6.92 Å². The molecule has 3 N–H and O–H groups in total. The second-order valence-electron chi connectivity index (χ2n) is 4.38. The van der Waals surface area contributed by atoms with E-state index < -0.39 is 10.0 Å². The summed E-state index contributed by atoms with van der Waals surface area (Å²) in [6, 6.07) is 11.5. The van der Waals surface area contributed by atoms with Crippen molar-refractivity contribution in [1.29, 1.82) is 0 Å². The highest BCUT2D eigenvalue weighted by atomic mass is 32.2. The van der Waals surface area contributed by atoms with Crippen molar-refractivity contribution >= 4 is 21.4 Å². The molecule has 0 aliphatic rings. The average molecular weight is 292 g/mol. The molecule has 0 heterocycles. The minimum Gasteiger partial charge on any atom is -0.495 e. The monoisotopic (exact) mass is 292 g/mol. The molecular formula is C14H16N2O3S. The highest BCUT2D eigenvalue weighted by molar-refractivity contribution is 7.92. The van der Waals surface area contributed by atoms with Crippen molar-refractivity contribution in [2.75, 3.05) is 17.6 Å². The Labute approximate surface area is 118 Å². The zero-order chi connectivity index (χ0) is 14.8. The van der Waals surface area contributed by atoms with Gasteiger partial charge in [-0.2, -0.15) is 0 Å². The van der Waals surface area contributed by atoms with Gasteiger partial charge in [-0.1, -0.05) is 6.07 Å². The molecule has 5 nitrogen and oxygen atoms in total. The number of sulfonamides is 1. The van der Waals surface area contributed by atoms with E-state index in [1.165, 1.54) is 7.11 Å². The summed E-state index contributed by atoms with van der Waals surface area (Å²) in [4.78, 5) is 0.108. The van der Waals surface area contributed by atoms with Crippen LogP contribution in [0.25, 0.3) is 0 Å². The van der Waals surface area contributed by atoms with Gasteiger partial charge in [-0.05, 0) is 48.9 Å². The van der Waals surface area contributed by atoms with Crippen LogP contribution in [0.3, 0.4) is 0 Å². The van der Waals surface area contributed by atoms with Crippen LogP contribution in [0.5, 0.6) is 5.75 Å². The Morgan fingerprint density at radius 1 is 1.10 bits per heavy atom. The van der Waals surface area contributed by atoms with Gasteiger partial charge in [0.15, 0.2) is 0 Å². The molecule has 0 saturated carbocycles. The molecule has 20 heavy (non-hydrogen) atoms. The van der Waals surface area contributed by atoms with Crippen molar-refractivity contribution < 1.29 is 13.2 Å². The maximum atomic E-state index is 12.4. The summed E-state index contributed by atoms with van der Waals surface area (Å²) in [6.45, 7) is 1.82. The molecule has 0 amide bonds. The van der Waals surface area contributed by atoms with Crippen molar-refractivity contribution in [3.05, 3.63) is 48.0 Å². The smallest absolute Gasteiger partial charge is 0.265 e. The summed E-state index contributed by atoms with van der Waals surface area (Å²) in [5, 5.41) is 0. The minimum absolute atomic E-state index is 0.108. The summed E-state index contributed by atoms with van der Waals surface area (Å²) < 4.78 is 32.4. The lowest BCUT2D eigenvalue weighted by molar-refractivity contribution is 0.402. The zero-order valence-corrected chi connectivity index (χ0v) is 12.1. The molecule has 0 atom stereocenters. The van der Waals surface area contributed by atoms with Gasteiger partial charge in [0.1, 0.15) is 10.6 Å². The van der Waals surface area contributed by atoms with Crippen molar-refractivity contribution in [3.63, 3.8) is 0 Å². The number of anilines is 2. The molecule has 2 aromatic carbocycles. The quantitative estimate of drug-likeness (QED) is 0.848. The first kappa shape index (κ1) is 14.2. The predicted octanol–water partition coefficient (Wildman–Crippen LogP) is 2.39. The number of aryl methyl sites for hydroxylation is 1. The number of methoxy groups -OCH3 is 1. The number of hydrogen-bond donors (Lipinski definition) is 2. The topological polar surface area (TPSA) is 81.4 Å². The van der Waals surface area contributed by atoms with Crippen LogP contribution in [0.1, 0.15) is 5.56 Å². The molecule has 0 aliphatic heterocycles. The predicted molar refractivity (Wildman–Crippen MR) is 79.4 cm³/mol. The number of rotatable bonds is 4. The van der Waals surface area contributed by atoms with Gasteiger partial charge in [0.05, 0.1) is 7.11 Å². The van der Waals surface area contributed by atoms with Crippen LogP contribution in [-0.2, 0) is 10.0 Å². The van der Waals surface area contributed by atoms with Crippen molar-refractivity contribution in [3.8, 4) is 5.75 Å². The second kappa shape index (κ2) is 5.42. The van der Waals surface area contributed by atoms with Gasteiger partial charge in [-0.3, -0.25) is 4.72 Å². The molecule has 0 saturated heterocycles. The van der Waals surface area contributed by atoms with Crippen molar-refractivity contribution in [1.82, 2.24) is 0 Å². The Balaban J connectivity index is 2.40. The lowest BCUT2D eigenvalue weighted by Gasteiger charge is -2.12. The van der Waals surface area contributed by atoms with Crippen LogP contribution < -0.4 is 15.2 Å². The van der Waals surface area contributed by atoms with E-state index in [-0.39, 0.29) is 4.90 Å². The molecule has 0 spiro atoms. The highest BCUT2D eigenvalue weighted by Crippen LogP contribution is 2.26. The van der Waals surface area contributed by atoms with Crippen molar-refractivity contribution in [2.24, 2.45) is 0 Å². The fourth-order valence-electron chi connectivity index (χ4n) is 1.76. The average Bonchev–Trinajstić information content (AvgIpc) is 2.41. The maximum absolute atomic E-state index is 12.4. The lowest BCUT2D eigenvalue weighted by atomic mass is 10.2. The number of nitrogens with one attached hydrogen (secondary N) is 1. The highest BCUT2D eigenvalue weighted by Gasteiger charge is 2.19. The van der Waals surface area contributed by atoms with E-state index in [0.717, 1.165) is 5.56 Å². The fraction of sp³-hybridized carbons (Fsp3) is 0.143. The molecule has 0 radical (unpaired) electrons. The zero-order valence-electron chi connectivity index (χ0n) is 11.3. The van der Waals surface area contributed by atoms with Gasteiger partial charge in [-0.15, -0.1) is 0 Å². The summed E-state index contributed by atoms with van der Waals surface area (Å²) in [5.74, 6) is 0.304. The van der Waals surface area contributed by atoms with E-state index in [4.69, 9.17) is 10.5 Å². The van der Waals surface area contributed by atoms with Gasteiger partial charge in [0, 0.05) is 11.4 Å². The Hall–Kier alpha value is -2.21. The first-order valence-corrected chi connectivity index (χ1v) is 7.44. The number of nitrogen functional groups attached to an aromatic ring is 1. The number of nitrogens with two attached hydrogens (primary N) is 1. The van der Waals surface area contributed by atoms with E-state index in [9.17, 15) is 8.42 Å². The van der Waals surface area contributed by atoms with E-state index in [2.05, 4.69) is 4.72 Å². The first-order chi connectivity index (χ1) is 9.42. The molecule has 0 bridgehead atoms. The minimum atomic E-state index is -3.71. The third-order valence-electron chi connectivity index (χ3n) is 2.77. The Morgan fingerprint density at radius 3 is 2.35 bits per heavy atom. The fourth-order valence-corrected chi connectivity index (χ4v) is 3.07. The molecular weight excluding hydrogens is 276 g/mol. The van der Waals surface area contributed by atoms with Crippen LogP contribution in [-0.4, -0.2) is 15.5 Å². The normalized spacial score (nSPS) is 11.1. The molecule has 0 aromatic heterocycles. The van der Waals surface area contributed by atoms with Gasteiger partial charge in [-0.25, -0.2) is 8.42 Å². The van der Waals surface area contributed by atoms with Crippen LogP contribution >= 0.6 is 0 Å². The Morgan fingerprint density at radius 2 is 1.75 bits per heavy atom. The first-order valence-electron chi connectivity index (χ1n) is 5.95. The summed E-state index contributed by atoms with van der Waals surface area (Å²) in [6.07, 6.45) is 0. The Bertz CT molecular complexity index is 710. The third-order valence-corrected chi connectivity index (χ3v) is 4.17. The van der Waals surface area contributed by atoms with E-state index in [1.54, 1.807) is 42.5 Å². The van der Waals surface area contributed by atoms with Gasteiger partial charge in [0.2, 0.25) is 0 Å². The van der Waals surface area contributed by atoms with Crippen LogP contribution in [0, 0.1) is 6.92 Å². The molecule has 2 aromatic rings. The summed E-state index contributed by atoms with van der Waals surface area (Å²) >= 11 is 0. The SMILES string of the molecule is COc1ccc(C)cc1S(=O)(=O)Nc1ccc(N)cc1. The van der Waals surface area contributed by atoms with Gasteiger partial charge < -0.3 is 10.5 Å². The molecule has 6 heteroatoms. The van der Waals surface area contributed by atoms with Gasteiger partial charge in [0.25, 0.3) is 10.0 Å². The molecule has 0 fully saturated rings. The summed E-state index contributed by atoms with van der Waals surface area (Å²) in [7, 11) is -2.27. The molecule has 106 valence electrons. The molecule has 2 rings (SSSR count). The van der Waals surface area contributed by atoms with Crippen LogP contribution in [0.4, 0.5) is 11.4 Å². The number of ether oxygens (including phenoxy) is 1. The van der Waals surface area contributed by atoms with Crippen LogP contribution in [0.15, 0.2) is 47.4 Å². The standard InChI is InChI=1S/C14H16N2O3S/c1-10-3-8-13(19-2)14(9-10)20(17,18)16-12-6-4-11(15)5-7-12/h3-9,16H,15H2,1-2H3. The second-order valence-corrected chi connectivity index (χ2v) is 6.03. The maximum Gasteiger partial charge on any atom is 0.265 e. The van der Waals surface area contributed by atoms with E-state index >= 15 is 0 Å². The largest absolute Gasteiger partial charge is 0.495 e. The van der Waals surface area contributed by atoms with E-state index in [0.29, 0.717) is 17.1 Å². The third kappa shape index (κ3) is 3.03. The number of hydrogen-bond acceptors (Lipinski definition) is 4. The molecule has 0 unspecified atom stereocenters. The van der Waals surface area contributed by atoms with Crippen molar-refractivity contribution in [2.45, 2.75) is 11.8 Å². The number of benzene rings is 2. The van der Waals surface area contributed by atoms with Crippen LogP contribution in [0.2, 0.25) is 0 Å². The molecule has 0 aliphatic carbocycles. The summed E-state index contributed by atoms with van der Waals surface area (Å²) in [5.41, 5.74) is 7.42.